The lowest BCUT2D eigenvalue weighted by molar-refractivity contribution is -0.116. The Bertz CT molecular complexity index is 1220. The van der Waals surface area contributed by atoms with Gasteiger partial charge in [-0.15, -0.1) is 0 Å². The van der Waals surface area contributed by atoms with Crippen molar-refractivity contribution in [3.05, 3.63) is 83.1 Å². The predicted octanol–water partition coefficient (Wildman–Crippen LogP) is 5.22. The third-order valence-corrected chi connectivity index (χ3v) is 5.33. The maximum Gasteiger partial charge on any atom is 0.244 e. The molecule has 158 valence electrons. The van der Waals surface area contributed by atoms with Gasteiger partial charge >= 0.3 is 0 Å². The summed E-state index contributed by atoms with van der Waals surface area (Å²) in [5, 5.41) is 3.60. The average Bonchev–Trinajstić information content (AvgIpc) is 3.12. The summed E-state index contributed by atoms with van der Waals surface area (Å²) in [6.45, 7) is 2.27. The molecule has 31 heavy (non-hydrogen) atoms. The Labute approximate surface area is 185 Å². The van der Waals surface area contributed by atoms with Gasteiger partial charge in [0.15, 0.2) is 0 Å². The van der Waals surface area contributed by atoms with E-state index in [1.54, 1.807) is 37.4 Å². The lowest BCUT2D eigenvalue weighted by Crippen LogP contribution is -2.20. The fraction of sp³-hybridized carbons (Fsp3) is 0.167. The molecule has 1 heterocycles. The van der Waals surface area contributed by atoms with Gasteiger partial charge < -0.3 is 19.4 Å². The number of hydrogen-bond acceptors (Lipinski definition) is 4. The number of carbonyl (C=O) groups is 1. The summed E-state index contributed by atoms with van der Waals surface area (Å²) in [7, 11) is 1.60. The van der Waals surface area contributed by atoms with Crippen molar-refractivity contribution in [3.8, 4) is 11.5 Å². The van der Waals surface area contributed by atoms with Gasteiger partial charge in [0.05, 0.1) is 18.1 Å². The molecule has 1 aromatic heterocycles. The fourth-order valence-electron chi connectivity index (χ4n) is 3.29. The minimum Gasteiger partial charge on any atom is -0.497 e. The van der Waals surface area contributed by atoms with Crippen molar-refractivity contribution in [1.29, 1.82) is 0 Å². The van der Waals surface area contributed by atoms with Gasteiger partial charge in [0.2, 0.25) is 5.91 Å². The number of aryl methyl sites for hydroxylation is 1. The van der Waals surface area contributed by atoms with Crippen molar-refractivity contribution in [2.75, 3.05) is 12.4 Å². The molecule has 0 aliphatic rings. The number of methoxy groups -OCH3 is 1. The number of fused-ring (bicyclic) bond motifs is 1. The number of halogens is 1. The van der Waals surface area contributed by atoms with Crippen LogP contribution in [0.2, 0.25) is 5.02 Å². The SMILES string of the molecule is COc1ccc(NC(=O)Cn2c(COc3ccc(Cl)c(C)c3)nc3ccccc32)cc1. The van der Waals surface area contributed by atoms with Gasteiger partial charge in [-0.2, -0.15) is 0 Å². The van der Waals surface area contributed by atoms with E-state index in [-0.39, 0.29) is 19.1 Å². The summed E-state index contributed by atoms with van der Waals surface area (Å²) in [6, 6.07) is 20.4. The number of nitrogens with one attached hydrogen (secondary N) is 1. The summed E-state index contributed by atoms with van der Waals surface area (Å²) in [6.07, 6.45) is 0. The maximum atomic E-state index is 12.7. The van der Waals surface area contributed by atoms with Crippen molar-refractivity contribution in [3.63, 3.8) is 0 Å². The van der Waals surface area contributed by atoms with Crippen LogP contribution in [0.3, 0.4) is 0 Å². The quantitative estimate of drug-likeness (QED) is 0.432. The molecule has 0 atom stereocenters. The minimum absolute atomic E-state index is 0.116. The van der Waals surface area contributed by atoms with E-state index in [4.69, 9.17) is 21.1 Å². The van der Waals surface area contributed by atoms with Crippen LogP contribution in [0.1, 0.15) is 11.4 Å². The Hall–Kier alpha value is -3.51. The second kappa shape index (κ2) is 9.10. The zero-order chi connectivity index (χ0) is 21.8. The van der Waals surface area contributed by atoms with E-state index in [0.29, 0.717) is 22.3 Å². The average molecular weight is 436 g/mol. The topological polar surface area (TPSA) is 65.4 Å². The first kappa shape index (κ1) is 20.8. The molecule has 0 saturated heterocycles. The number of ether oxygens (including phenoxy) is 2. The van der Waals surface area contributed by atoms with Crippen LogP contribution in [0.15, 0.2) is 66.7 Å². The second-order valence-corrected chi connectivity index (χ2v) is 7.49. The third kappa shape index (κ3) is 4.81. The Balaban J connectivity index is 1.54. The van der Waals surface area contributed by atoms with Crippen LogP contribution in [-0.4, -0.2) is 22.6 Å². The lowest BCUT2D eigenvalue weighted by atomic mass is 10.2. The number of carbonyl (C=O) groups excluding carboxylic acids is 1. The number of para-hydroxylation sites is 2. The first-order valence-corrected chi connectivity index (χ1v) is 10.2. The van der Waals surface area contributed by atoms with Gasteiger partial charge in [-0.05, 0) is 67.1 Å². The molecule has 0 aliphatic carbocycles. The van der Waals surface area contributed by atoms with Gasteiger partial charge in [0, 0.05) is 10.7 Å². The van der Waals surface area contributed by atoms with E-state index in [1.807, 2.05) is 47.9 Å². The molecular formula is C24H22ClN3O3. The summed E-state index contributed by atoms with van der Waals surface area (Å²) < 4.78 is 13.0. The van der Waals surface area contributed by atoms with Crippen LogP contribution >= 0.6 is 11.6 Å². The van der Waals surface area contributed by atoms with E-state index in [2.05, 4.69) is 10.3 Å². The highest BCUT2D eigenvalue weighted by Crippen LogP contribution is 2.23. The van der Waals surface area contributed by atoms with Crippen LogP contribution in [0.4, 0.5) is 5.69 Å². The molecule has 0 unspecified atom stereocenters. The number of nitrogens with zero attached hydrogens (tertiary/aromatic N) is 2. The molecule has 7 heteroatoms. The maximum absolute atomic E-state index is 12.7. The molecular weight excluding hydrogens is 414 g/mol. The van der Waals surface area contributed by atoms with Crippen LogP contribution in [0.5, 0.6) is 11.5 Å². The smallest absolute Gasteiger partial charge is 0.244 e. The van der Waals surface area contributed by atoms with Crippen molar-refractivity contribution >= 4 is 34.2 Å². The monoisotopic (exact) mass is 435 g/mol. The first-order chi connectivity index (χ1) is 15.0. The number of amides is 1. The Morgan fingerprint density at radius 1 is 1.06 bits per heavy atom. The predicted molar refractivity (Wildman–Crippen MR) is 122 cm³/mol. The number of imidazole rings is 1. The molecule has 0 fully saturated rings. The second-order valence-electron chi connectivity index (χ2n) is 7.08. The van der Waals surface area contributed by atoms with E-state index in [1.165, 1.54) is 0 Å². The highest BCUT2D eigenvalue weighted by molar-refractivity contribution is 6.31. The first-order valence-electron chi connectivity index (χ1n) is 9.80. The molecule has 0 radical (unpaired) electrons. The van der Waals surface area contributed by atoms with Crippen molar-refractivity contribution in [2.24, 2.45) is 0 Å². The van der Waals surface area contributed by atoms with Gasteiger partial charge in [-0.25, -0.2) is 4.98 Å². The summed E-state index contributed by atoms with van der Waals surface area (Å²) in [5.74, 6) is 1.94. The summed E-state index contributed by atoms with van der Waals surface area (Å²) >= 11 is 6.09. The molecule has 1 amide bonds. The summed E-state index contributed by atoms with van der Waals surface area (Å²) in [5.41, 5.74) is 3.32. The van der Waals surface area contributed by atoms with Gasteiger partial charge in [-0.3, -0.25) is 4.79 Å². The van der Waals surface area contributed by atoms with E-state index < -0.39 is 0 Å². The number of rotatable bonds is 7. The van der Waals surface area contributed by atoms with Crippen molar-refractivity contribution < 1.29 is 14.3 Å². The van der Waals surface area contributed by atoms with Crippen molar-refractivity contribution in [1.82, 2.24) is 9.55 Å². The Morgan fingerprint density at radius 3 is 2.55 bits per heavy atom. The van der Waals surface area contributed by atoms with Crippen LogP contribution in [0.25, 0.3) is 11.0 Å². The highest BCUT2D eigenvalue weighted by Gasteiger charge is 2.15. The van der Waals surface area contributed by atoms with Gasteiger partial charge in [0.25, 0.3) is 0 Å². The zero-order valence-electron chi connectivity index (χ0n) is 17.3. The molecule has 0 aliphatic heterocycles. The Morgan fingerprint density at radius 2 is 1.81 bits per heavy atom. The molecule has 0 bridgehead atoms. The van der Waals surface area contributed by atoms with E-state index in [9.17, 15) is 4.79 Å². The van der Waals surface area contributed by atoms with Gasteiger partial charge in [-0.1, -0.05) is 23.7 Å². The largest absolute Gasteiger partial charge is 0.497 e. The van der Waals surface area contributed by atoms with E-state index in [0.717, 1.165) is 22.3 Å². The van der Waals surface area contributed by atoms with E-state index >= 15 is 0 Å². The Kier molecular flexibility index (Phi) is 6.09. The minimum atomic E-state index is -0.156. The lowest BCUT2D eigenvalue weighted by Gasteiger charge is -2.12. The van der Waals surface area contributed by atoms with Crippen molar-refractivity contribution in [2.45, 2.75) is 20.1 Å². The number of benzene rings is 3. The molecule has 0 spiro atoms. The van der Waals surface area contributed by atoms with Gasteiger partial charge in [0.1, 0.15) is 30.5 Å². The molecule has 4 rings (SSSR count). The standard InChI is InChI=1S/C24H22ClN3O3/c1-16-13-19(11-12-20(16)25)31-15-23-27-21-5-3-4-6-22(21)28(23)14-24(29)26-17-7-9-18(30-2)10-8-17/h3-13H,14-15H2,1-2H3,(H,26,29). The van der Waals surface area contributed by atoms with Crippen LogP contribution in [0, 0.1) is 6.92 Å². The molecule has 4 aromatic rings. The normalized spacial score (nSPS) is 10.8. The molecule has 0 saturated carbocycles. The zero-order valence-corrected chi connectivity index (χ0v) is 18.0. The third-order valence-electron chi connectivity index (χ3n) is 4.91. The number of hydrogen-bond donors (Lipinski definition) is 1. The number of anilines is 1. The number of aromatic nitrogens is 2. The molecule has 3 aromatic carbocycles. The molecule has 1 N–H and O–H groups in total. The highest BCUT2D eigenvalue weighted by atomic mass is 35.5. The fourth-order valence-corrected chi connectivity index (χ4v) is 3.40. The summed E-state index contributed by atoms with van der Waals surface area (Å²) in [4.78, 5) is 17.4. The van der Waals surface area contributed by atoms with Crippen LogP contribution < -0.4 is 14.8 Å². The molecule has 6 nitrogen and oxygen atoms in total. The van der Waals surface area contributed by atoms with Crippen LogP contribution in [-0.2, 0) is 17.9 Å².